The summed E-state index contributed by atoms with van der Waals surface area (Å²) in [6.45, 7) is 12.0. The van der Waals surface area contributed by atoms with Crippen molar-refractivity contribution in [3.63, 3.8) is 0 Å². The first-order valence-electron chi connectivity index (χ1n) is 11.4. The highest BCUT2D eigenvalue weighted by atomic mass is 16.4. The fourth-order valence-corrected chi connectivity index (χ4v) is 4.76. The zero-order valence-electron chi connectivity index (χ0n) is 20.0. The van der Waals surface area contributed by atoms with Crippen LogP contribution in [0.2, 0.25) is 0 Å². The Kier molecular flexibility index (Phi) is 5.90. The third-order valence-corrected chi connectivity index (χ3v) is 6.32. The van der Waals surface area contributed by atoms with Gasteiger partial charge in [-0.2, -0.15) is 10.1 Å². The predicted octanol–water partition coefficient (Wildman–Crippen LogP) is 4.15. The maximum Gasteiger partial charge on any atom is 0.407 e. The van der Waals surface area contributed by atoms with E-state index in [0.29, 0.717) is 12.5 Å². The van der Waals surface area contributed by atoms with Crippen LogP contribution in [-0.4, -0.2) is 61.4 Å². The summed E-state index contributed by atoms with van der Waals surface area (Å²) in [5.74, 6) is 1.59. The molecule has 3 heterocycles. The molecule has 9 heteroatoms. The molecule has 0 spiro atoms. The zero-order chi connectivity index (χ0) is 23.9. The predicted molar refractivity (Wildman–Crippen MR) is 130 cm³/mol. The van der Waals surface area contributed by atoms with Gasteiger partial charge in [0.2, 0.25) is 5.95 Å². The number of hydrogen-bond donors (Lipinski definition) is 3. The van der Waals surface area contributed by atoms with Crippen molar-refractivity contribution >= 4 is 28.8 Å². The van der Waals surface area contributed by atoms with Crippen molar-refractivity contribution in [3.05, 3.63) is 30.0 Å². The van der Waals surface area contributed by atoms with E-state index in [0.717, 1.165) is 53.2 Å². The van der Waals surface area contributed by atoms with E-state index in [1.54, 1.807) is 0 Å². The Morgan fingerprint density at radius 1 is 1.27 bits per heavy atom. The fourth-order valence-electron chi connectivity index (χ4n) is 4.76. The van der Waals surface area contributed by atoms with E-state index in [1.807, 2.05) is 52.0 Å². The van der Waals surface area contributed by atoms with Crippen molar-refractivity contribution in [2.24, 2.45) is 11.8 Å². The third kappa shape index (κ3) is 4.86. The molecule has 1 aliphatic heterocycles. The van der Waals surface area contributed by atoms with Crippen LogP contribution in [-0.2, 0) is 0 Å². The normalized spacial score (nSPS) is 19.1. The van der Waals surface area contributed by atoms with Gasteiger partial charge in [0, 0.05) is 47.9 Å². The van der Waals surface area contributed by atoms with Gasteiger partial charge in [0.25, 0.3) is 0 Å². The third-order valence-electron chi connectivity index (χ3n) is 6.32. The van der Waals surface area contributed by atoms with E-state index in [1.165, 1.54) is 4.90 Å². The lowest BCUT2D eigenvalue weighted by atomic mass is 9.89. The Hall–Kier alpha value is -3.36. The minimum absolute atomic E-state index is 0.201. The molecule has 2 atom stereocenters. The van der Waals surface area contributed by atoms with E-state index in [9.17, 15) is 9.90 Å². The Bertz CT molecular complexity index is 1170. The average molecular weight is 452 g/mol. The second-order valence-corrected chi connectivity index (χ2v) is 10.2. The molecule has 1 aliphatic rings. The molecule has 4 rings (SSSR count). The van der Waals surface area contributed by atoms with Gasteiger partial charge in [0.15, 0.2) is 0 Å². The van der Waals surface area contributed by atoms with Gasteiger partial charge < -0.3 is 20.6 Å². The number of nitrogens with one attached hydrogen (secondary N) is 1. The Labute approximate surface area is 194 Å². The lowest BCUT2D eigenvalue weighted by Crippen LogP contribution is -2.51. The highest BCUT2D eigenvalue weighted by molar-refractivity contribution is 5.85. The summed E-state index contributed by atoms with van der Waals surface area (Å²) >= 11 is 0. The molecular weight excluding hydrogens is 418 g/mol. The minimum atomic E-state index is -0.884. The molecule has 9 nitrogen and oxygen atoms in total. The van der Waals surface area contributed by atoms with E-state index >= 15 is 0 Å². The number of rotatable bonds is 4. The maximum absolute atomic E-state index is 11.9. The van der Waals surface area contributed by atoms with Crippen LogP contribution >= 0.6 is 0 Å². The molecule has 3 aromatic rings. The second kappa shape index (κ2) is 8.53. The summed E-state index contributed by atoms with van der Waals surface area (Å²) in [7, 11) is 0. The number of fused-ring (bicyclic) bond motifs is 1. The molecule has 0 saturated carbocycles. The molecule has 0 bridgehead atoms. The standard InChI is InChI=1S/C24H33N7O2/c1-14-8-16(13-31(23(32)33)24(3,4)5)12-30(11-14)21-10-19(26-22(25)27-21)17-6-7-18-15(2)28-29-20(18)9-17/h6-7,9-10,14,16H,8,11-13H2,1-5H3,(H,28,29)(H,32,33)(H2,25,26,27)/t14-,16-/m1/s1. The molecule has 1 fully saturated rings. The first-order valence-corrected chi connectivity index (χ1v) is 11.4. The first-order chi connectivity index (χ1) is 15.5. The quantitative estimate of drug-likeness (QED) is 0.544. The summed E-state index contributed by atoms with van der Waals surface area (Å²) in [6, 6.07) is 8.02. The number of nitrogens with two attached hydrogens (primary N) is 1. The number of aromatic nitrogens is 4. The van der Waals surface area contributed by atoms with E-state index < -0.39 is 11.6 Å². The Morgan fingerprint density at radius 3 is 2.73 bits per heavy atom. The summed E-state index contributed by atoms with van der Waals surface area (Å²) in [5, 5.41) is 18.2. The van der Waals surface area contributed by atoms with Crippen molar-refractivity contribution in [2.45, 2.75) is 46.6 Å². The molecule has 1 saturated heterocycles. The molecule has 1 amide bonds. The number of aromatic amines is 1. The minimum Gasteiger partial charge on any atom is -0.465 e. The topological polar surface area (TPSA) is 124 Å². The van der Waals surface area contributed by atoms with Gasteiger partial charge in [-0.15, -0.1) is 0 Å². The SMILES string of the molecule is Cc1[nH]nc2cc(-c3cc(N4C[C@H](C)C[C@@H](CN(C(=O)O)C(C)(C)C)C4)nc(N)n3)ccc12. The molecule has 176 valence electrons. The molecule has 0 unspecified atom stereocenters. The summed E-state index contributed by atoms with van der Waals surface area (Å²) in [5.41, 5.74) is 9.24. The fraction of sp³-hybridized carbons (Fsp3) is 0.500. The molecule has 0 aliphatic carbocycles. The number of piperidine rings is 1. The van der Waals surface area contributed by atoms with Gasteiger partial charge in [-0.3, -0.25) is 5.10 Å². The number of carboxylic acid groups (broad SMARTS) is 1. The van der Waals surface area contributed by atoms with Gasteiger partial charge >= 0.3 is 6.09 Å². The Balaban J connectivity index is 1.61. The summed E-state index contributed by atoms with van der Waals surface area (Å²) in [4.78, 5) is 24.6. The number of nitrogen functional groups attached to an aromatic ring is 1. The van der Waals surface area contributed by atoms with Crippen LogP contribution in [0.25, 0.3) is 22.2 Å². The molecule has 1 aromatic carbocycles. The molecule has 2 aromatic heterocycles. The van der Waals surface area contributed by atoms with E-state index in [2.05, 4.69) is 32.0 Å². The molecule has 33 heavy (non-hydrogen) atoms. The smallest absolute Gasteiger partial charge is 0.407 e. The number of amides is 1. The van der Waals surface area contributed by atoms with Gasteiger partial charge in [-0.25, -0.2) is 9.78 Å². The first kappa shape index (κ1) is 22.8. The number of aryl methyl sites for hydroxylation is 1. The van der Waals surface area contributed by atoms with Gasteiger partial charge in [-0.1, -0.05) is 19.1 Å². The maximum atomic E-state index is 11.9. The van der Waals surface area contributed by atoms with Crippen LogP contribution in [0.3, 0.4) is 0 Å². The van der Waals surface area contributed by atoms with Crippen molar-refractivity contribution < 1.29 is 9.90 Å². The van der Waals surface area contributed by atoms with Gasteiger partial charge in [0.05, 0.1) is 11.2 Å². The largest absolute Gasteiger partial charge is 0.465 e. The van der Waals surface area contributed by atoms with Crippen molar-refractivity contribution in [2.75, 3.05) is 30.3 Å². The van der Waals surface area contributed by atoms with Crippen molar-refractivity contribution in [1.29, 1.82) is 0 Å². The van der Waals surface area contributed by atoms with Crippen LogP contribution in [0.5, 0.6) is 0 Å². The van der Waals surface area contributed by atoms with Crippen LogP contribution in [0.1, 0.15) is 39.8 Å². The number of hydrogen-bond acceptors (Lipinski definition) is 6. The van der Waals surface area contributed by atoms with Crippen LogP contribution in [0, 0.1) is 18.8 Å². The number of anilines is 2. The van der Waals surface area contributed by atoms with Crippen molar-refractivity contribution in [1.82, 2.24) is 25.1 Å². The molecule has 0 radical (unpaired) electrons. The lowest BCUT2D eigenvalue weighted by molar-refractivity contribution is 0.0837. The number of benzene rings is 1. The summed E-state index contributed by atoms with van der Waals surface area (Å²) in [6.07, 6.45) is 0.0868. The van der Waals surface area contributed by atoms with Crippen LogP contribution in [0.15, 0.2) is 24.3 Å². The summed E-state index contributed by atoms with van der Waals surface area (Å²) < 4.78 is 0. The molecular formula is C24H33N7O2. The zero-order valence-corrected chi connectivity index (χ0v) is 20.0. The Morgan fingerprint density at radius 2 is 2.03 bits per heavy atom. The van der Waals surface area contributed by atoms with Crippen LogP contribution in [0.4, 0.5) is 16.6 Å². The van der Waals surface area contributed by atoms with E-state index in [4.69, 9.17) is 5.73 Å². The number of carbonyl (C=O) groups is 1. The molecule has 4 N–H and O–H groups in total. The highest BCUT2D eigenvalue weighted by Crippen LogP contribution is 2.31. The number of nitrogens with zero attached hydrogens (tertiary/aromatic N) is 5. The van der Waals surface area contributed by atoms with Crippen LogP contribution < -0.4 is 10.6 Å². The second-order valence-electron chi connectivity index (χ2n) is 10.2. The van der Waals surface area contributed by atoms with Gasteiger partial charge in [0.1, 0.15) is 5.82 Å². The lowest BCUT2D eigenvalue weighted by Gasteiger charge is -2.41. The highest BCUT2D eigenvalue weighted by Gasteiger charge is 2.33. The monoisotopic (exact) mass is 451 g/mol. The average Bonchev–Trinajstić information content (AvgIpc) is 3.10. The number of H-pyrrole nitrogens is 1. The van der Waals surface area contributed by atoms with Crippen molar-refractivity contribution in [3.8, 4) is 11.3 Å². The van der Waals surface area contributed by atoms with Gasteiger partial charge in [-0.05, 0) is 52.0 Å². The van der Waals surface area contributed by atoms with E-state index in [-0.39, 0.29) is 11.9 Å².